The third-order valence-corrected chi connectivity index (χ3v) is 26.7. The lowest BCUT2D eigenvalue weighted by Crippen LogP contribution is -2.55. The van der Waals surface area contributed by atoms with Crippen LogP contribution in [0.2, 0.25) is 55.9 Å². The summed E-state index contributed by atoms with van der Waals surface area (Å²) in [6.07, 6.45) is 0. The maximum absolute atomic E-state index is 11.4. The van der Waals surface area contributed by atoms with Gasteiger partial charge in [0.05, 0.1) is 0 Å². The summed E-state index contributed by atoms with van der Waals surface area (Å²) >= 11 is 0. The minimum atomic E-state index is -3.19. The predicted octanol–water partition coefficient (Wildman–Crippen LogP) is 2.14. The molecule has 0 amide bonds. The van der Waals surface area contributed by atoms with Gasteiger partial charge in [-0.25, -0.2) is 0 Å². The van der Waals surface area contributed by atoms with E-state index in [1.807, 2.05) is 6.55 Å². The Bertz CT molecular complexity index is 570. The lowest BCUT2D eigenvalue weighted by molar-refractivity contribution is 0.124. The summed E-state index contributed by atoms with van der Waals surface area (Å²) in [6.45, 7) is 5.86. The Labute approximate surface area is 225 Å². The van der Waals surface area contributed by atoms with E-state index in [1.165, 1.54) is 0 Å². The third kappa shape index (κ3) is 11.5. The van der Waals surface area contributed by atoms with Gasteiger partial charge in [-0.15, -0.1) is 0 Å². The summed E-state index contributed by atoms with van der Waals surface area (Å²) in [4.78, 5) is 11.4. The topological polar surface area (TPSA) is 122 Å². The average Bonchev–Trinajstić information content (AvgIpc) is 2.87. The van der Waals surface area contributed by atoms with E-state index in [2.05, 4.69) is 6.55 Å². The molecule has 18 heteroatoms. The fourth-order valence-electron chi connectivity index (χ4n) is 3.95. The van der Waals surface area contributed by atoms with Crippen LogP contribution in [0.15, 0.2) is 0 Å². The Hall–Kier alpha value is 0.821. The van der Waals surface area contributed by atoms with Crippen LogP contribution < -0.4 is 0 Å². The summed E-state index contributed by atoms with van der Waals surface area (Å²) < 4.78 is 63.3. The lowest BCUT2D eigenvalue weighted by atomic mass is 10.9. The Morgan fingerprint density at radius 3 is 1.22 bits per heavy atom. The van der Waals surface area contributed by atoms with E-state index in [0.29, 0.717) is 30.2 Å². The first kappa shape index (κ1) is 36.8. The molecule has 0 aromatic rings. The largest absolute Gasteiger partial charge is 0.500 e. The monoisotopic (exact) mass is 626 g/mol. The molecule has 0 radical (unpaired) electrons. The molecule has 12 nitrogen and oxygen atoms in total. The van der Waals surface area contributed by atoms with Crippen LogP contribution in [-0.4, -0.2) is 121 Å². The van der Waals surface area contributed by atoms with Gasteiger partial charge in [-0.3, -0.25) is 0 Å². The standard InChI is InChI=1S/C18H50O12Si6/c1-20-34(21-2,22-3)14-13-31(10)29-33(12,16-18-36(26-7,27-8)28-9)30-32(11,19)15-17-35(23-4,24-5)25-6/h19,31H,13-18H2,1-12H3. The molecule has 0 bridgehead atoms. The van der Waals surface area contributed by atoms with Crippen molar-refractivity contribution in [1.82, 2.24) is 0 Å². The van der Waals surface area contributed by atoms with Crippen molar-refractivity contribution in [3.63, 3.8) is 0 Å². The minimum Gasteiger partial charge on any atom is -0.439 e. The molecule has 3 atom stereocenters. The summed E-state index contributed by atoms with van der Waals surface area (Å²) in [7, 11) is -2.10. The molecule has 0 saturated carbocycles. The molecule has 0 rings (SSSR count). The highest BCUT2D eigenvalue weighted by atomic mass is 28.5. The molecule has 0 fully saturated rings. The molecule has 0 heterocycles. The van der Waals surface area contributed by atoms with Crippen molar-refractivity contribution in [3.05, 3.63) is 0 Å². The number of rotatable bonds is 22. The molecule has 0 aliphatic heterocycles. The first-order valence-electron chi connectivity index (χ1n) is 11.8. The van der Waals surface area contributed by atoms with Crippen molar-refractivity contribution in [2.45, 2.75) is 55.9 Å². The molecule has 3 unspecified atom stereocenters. The highest BCUT2D eigenvalue weighted by molar-refractivity contribution is 6.84. The van der Waals surface area contributed by atoms with Gasteiger partial charge in [0.2, 0.25) is 0 Å². The van der Waals surface area contributed by atoms with Crippen molar-refractivity contribution in [1.29, 1.82) is 0 Å². The summed E-state index contributed by atoms with van der Waals surface area (Å²) in [5.74, 6) is 0. The molecule has 36 heavy (non-hydrogen) atoms. The van der Waals surface area contributed by atoms with E-state index in [-0.39, 0.29) is 0 Å². The van der Waals surface area contributed by atoms with E-state index in [0.717, 1.165) is 6.04 Å². The zero-order valence-electron chi connectivity index (χ0n) is 24.3. The first-order chi connectivity index (χ1) is 16.8. The van der Waals surface area contributed by atoms with Gasteiger partial charge < -0.3 is 52.9 Å². The van der Waals surface area contributed by atoms with Crippen LogP contribution in [0, 0.1) is 0 Å². The summed E-state index contributed by atoms with van der Waals surface area (Å²) in [5, 5.41) is 0. The van der Waals surface area contributed by atoms with Crippen LogP contribution in [-0.2, 0) is 48.1 Å². The van der Waals surface area contributed by atoms with E-state index >= 15 is 0 Å². The Balaban J connectivity index is 5.70. The summed E-state index contributed by atoms with van der Waals surface area (Å²) in [6, 6.07) is 3.27. The van der Waals surface area contributed by atoms with E-state index in [9.17, 15) is 4.80 Å². The van der Waals surface area contributed by atoms with Crippen LogP contribution in [0.4, 0.5) is 0 Å². The molecular weight excluding hydrogens is 577 g/mol. The fourth-order valence-corrected chi connectivity index (χ4v) is 26.0. The second-order valence-electron chi connectivity index (χ2n) is 8.76. The second-order valence-corrected chi connectivity index (χ2v) is 27.6. The maximum Gasteiger partial charge on any atom is 0.500 e. The molecular formula is C18H50O12Si6. The average molecular weight is 627 g/mol. The first-order valence-corrected chi connectivity index (χ1v) is 25.2. The number of hydrogen-bond donors (Lipinski definition) is 1. The molecule has 1 N–H and O–H groups in total. The van der Waals surface area contributed by atoms with Crippen LogP contribution in [0.25, 0.3) is 0 Å². The Morgan fingerprint density at radius 1 is 0.528 bits per heavy atom. The van der Waals surface area contributed by atoms with Gasteiger partial charge in [0.1, 0.15) is 0 Å². The minimum absolute atomic E-state index is 0.380. The van der Waals surface area contributed by atoms with Gasteiger partial charge in [0.15, 0.2) is 9.04 Å². The quantitative estimate of drug-likeness (QED) is 0.177. The van der Waals surface area contributed by atoms with Gasteiger partial charge in [-0.05, 0) is 37.8 Å². The van der Waals surface area contributed by atoms with E-state index in [4.69, 9.17) is 48.1 Å². The zero-order chi connectivity index (χ0) is 28.1. The maximum atomic E-state index is 11.4. The van der Waals surface area contributed by atoms with Crippen molar-refractivity contribution in [3.8, 4) is 0 Å². The van der Waals surface area contributed by atoms with Crippen molar-refractivity contribution < 1.29 is 52.9 Å². The third-order valence-electron chi connectivity index (χ3n) is 6.32. The molecule has 0 aliphatic rings. The molecule has 0 aliphatic carbocycles. The Morgan fingerprint density at radius 2 is 0.861 bits per heavy atom. The van der Waals surface area contributed by atoms with Gasteiger partial charge in [0.25, 0.3) is 0 Å². The van der Waals surface area contributed by atoms with Crippen molar-refractivity contribution in [2.24, 2.45) is 0 Å². The lowest BCUT2D eigenvalue weighted by Gasteiger charge is -2.38. The molecule has 0 saturated heterocycles. The van der Waals surface area contributed by atoms with Crippen LogP contribution in [0.3, 0.4) is 0 Å². The van der Waals surface area contributed by atoms with E-state index < -0.39 is 52.6 Å². The number of hydrogen-bond acceptors (Lipinski definition) is 12. The zero-order valence-corrected chi connectivity index (χ0v) is 30.4. The van der Waals surface area contributed by atoms with Gasteiger partial charge in [-0.1, -0.05) is 0 Å². The fraction of sp³-hybridized carbons (Fsp3) is 1.00. The Kier molecular flexibility index (Phi) is 17.2. The SMILES string of the molecule is CO[Si](CC[SiH](C)O[Si](C)(CC[Si](OC)(OC)OC)O[Si](C)(O)CC[Si](OC)(OC)OC)(OC)OC. The van der Waals surface area contributed by atoms with Crippen LogP contribution >= 0.6 is 0 Å². The second kappa shape index (κ2) is 16.8. The normalized spacial score (nSPS) is 17.6. The molecule has 0 aromatic carbocycles. The van der Waals surface area contributed by atoms with E-state index in [1.54, 1.807) is 70.5 Å². The smallest absolute Gasteiger partial charge is 0.439 e. The van der Waals surface area contributed by atoms with Crippen LogP contribution in [0.1, 0.15) is 0 Å². The molecule has 0 aromatic heterocycles. The summed E-state index contributed by atoms with van der Waals surface area (Å²) in [5.41, 5.74) is 0. The van der Waals surface area contributed by atoms with Gasteiger partial charge in [0, 0.05) is 82.1 Å². The van der Waals surface area contributed by atoms with Gasteiger partial charge >= 0.3 is 43.5 Å². The van der Waals surface area contributed by atoms with Gasteiger partial charge in [-0.2, -0.15) is 0 Å². The van der Waals surface area contributed by atoms with Crippen LogP contribution in [0.5, 0.6) is 0 Å². The molecule has 0 spiro atoms. The van der Waals surface area contributed by atoms with Crippen molar-refractivity contribution in [2.75, 3.05) is 64.0 Å². The highest BCUT2D eigenvalue weighted by Crippen LogP contribution is 2.31. The highest BCUT2D eigenvalue weighted by Gasteiger charge is 2.49. The van der Waals surface area contributed by atoms with Crippen molar-refractivity contribution >= 4 is 52.6 Å². The molecule has 218 valence electrons. The predicted molar refractivity (Wildman–Crippen MR) is 150 cm³/mol.